The molecular formula is C11H21NO2. The average Bonchev–Trinajstić information content (AvgIpc) is 2.45. The van der Waals surface area contributed by atoms with Crippen LogP contribution in [0.2, 0.25) is 0 Å². The largest absolute Gasteiger partial charge is 0.391 e. The van der Waals surface area contributed by atoms with Crippen molar-refractivity contribution in [2.45, 2.75) is 50.9 Å². The fourth-order valence-corrected chi connectivity index (χ4v) is 2.67. The van der Waals surface area contributed by atoms with E-state index in [4.69, 9.17) is 4.74 Å². The second-order valence-corrected chi connectivity index (χ2v) is 4.60. The Labute approximate surface area is 86.0 Å². The third-order valence-corrected chi connectivity index (χ3v) is 3.40. The molecule has 0 aromatic rings. The van der Waals surface area contributed by atoms with Crippen LogP contribution in [-0.4, -0.2) is 48.0 Å². The van der Waals surface area contributed by atoms with Gasteiger partial charge in [-0.05, 0) is 32.6 Å². The van der Waals surface area contributed by atoms with Gasteiger partial charge in [-0.3, -0.25) is 4.90 Å². The first-order valence-corrected chi connectivity index (χ1v) is 5.81. The van der Waals surface area contributed by atoms with Gasteiger partial charge in [-0.2, -0.15) is 0 Å². The number of rotatable bonds is 1. The van der Waals surface area contributed by atoms with Crippen LogP contribution in [0.1, 0.15) is 32.6 Å². The SMILES string of the molecule is CC1CN([C@H]2CCC[C@@H]2O)CCCO1. The molecule has 1 aliphatic heterocycles. The van der Waals surface area contributed by atoms with Crippen molar-refractivity contribution in [3.63, 3.8) is 0 Å². The molecule has 0 spiro atoms. The van der Waals surface area contributed by atoms with Gasteiger partial charge in [0, 0.05) is 25.7 Å². The molecule has 1 heterocycles. The van der Waals surface area contributed by atoms with Gasteiger partial charge in [-0.15, -0.1) is 0 Å². The second kappa shape index (κ2) is 4.60. The Hall–Kier alpha value is -0.120. The molecule has 0 radical (unpaired) electrons. The van der Waals surface area contributed by atoms with E-state index >= 15 is 0 Å². The highest BCUT2D eigenvalue weighted by molar-refractivity contribution is 4.86. The van der Waals surface area contributed by atoms with Gasteiger partial charge in [-0.25, -0.2) is 0 Å². The quantitative estimate of drug-likeness (QED) is 0.684. The first kappa shape index (κ1) is 10.4. The number of aliphatic hydroxyl groups excluding tert-OH is 1. The van der Waals surface area contributed by atoms with Gasteiger partial charge < -0.3 is 9.84 Å². The summed E-state index contributed by atoms with van der Waals surface area (Å²) < 4.78 is 5.60. The lowest BCUT2D eigenvalue weighted by Crippen LogP contribution is -2.43. The molecule has 1 aliphatic carbocycles. The number of nitrogens with zero attached hydrogens (tertiary/aromatic N) is 1. The molecule has 2 rings (SSSR count). The molecule has 0 aromatic heterocycles. The molecule has 82 valence electrons. The van der Waals surface area contributed by atoms with Crippen LogP contribution in [0.25, 0.3) is 0 Å². The van der Waals surface area contributed by atoms with E-state index in [1.807, 2.05) is 0 Å². The Morgan fingerprint density at radius 3 is 2.86 bits per heavy atom. The summed E-state index contributed by atoms with van der Waals surface area (Å²) in [4.78, 5) is 2.43. The molecule has 0 bridgehead atoms. The van der Waals surface area contributed by atoms with Crippen molar-refractivity contribution in [1.29, 1.82) is 0 Å². The Kier molecular flexibility index (Phi) is 3.42. The van der Waals surface area contributed by atoms with E-state index in [2.05, 4.69) is 11.8 Å². The molecule has 2 aliphatic rings. The summed E-state index contributed by atoms with van der Waals surface area (Å²) in [6.07, 6.45) is 4.65. The second-order valence-electron chi connectivity index (χ2n) is 4.60. The smallest absolute Gasteiger partial charge is 0.0695 e. The average molecular weight is 199 g/mol. The van der Waals surface area contributed by atoms with Crippen molar-refractivity contribution >= 4 is 0 Å². The van der Waals surface area contributed by atoms with E-state index in [0.29, 0.717) is 12.1 Å². The molecule has 1 N–H and O–H groups in total. The number of hydrogen-bond donors (Lipinski definition) is 1. The van der Waals surface area contributed by atoms with Gasteiger partial charge in [-0.1, -0.05) is 0 Å². The van der Waals surface area contributed by atoms with Crippen LogP contribution < -0.4 is 0 Å². The molecule has 1 saturated heterocycles. The van der Waals surface area contributed by atoms with Crippen molar-refractivity contribution in [2.75, 3.05) is 19.7 Å². The zero-order valence-electron chi connectivity index (χ0n) is 8.98. The van der Waals surface area contributed by atoms with Crippen LogP contribution in [0, 0.1) is 0 Å². The zero-order chi connectivity index (χ0) is 9.97. The van der Waals surface area contributed by atoms with Crippen molar-refractivity contribution in [3.8, 4) is 0 Å². The predicted octanol–water partition coefficient (Wildman–Crippen LogP) is 1.01. The van der Waals surface area contributed by atoms with Crippen molar-refractivity contribution in [2.24, 2.45) is 0 Å². The molecule has 3 heteroatoms. The summed E-state index contributed by atoms with van der Waals surface area (Å²) in [5.74, 6) is 0. The van der Waals surface area contributed by atoms with Crippen LogP contribution in [0.4, 0.5) is 0 Å². The lowest BCUT2D eigenvalue weighted by molar-refractivity contribution is 0.0369. The highest BCUT2D eigenvalue weighted by atomic mass is 16.5. The van der Waals surface area contributed by atoms with E-state index < -0.39 is 0 Å². The van der Waals surface area contributed by atoms with Crippen LogP contribution in [0.15, 0.2) is 0 Å². The summed E-state index contributed by atoms with van der Waals surface area (Å²) in [7, 11) is 0. The first-order valence-electron chi connectivity index (χ1n) is 5.81. The minimum Gasteiger partial charge on any atom is -0.391 e. The topological polar surface area (TPSA) is 32.7 Å². The van der Waals surface area contributed by atoms with E-state index in [1.165, 1.54) is 6.42 Å². The summed E-state index contributed by atoms with van der Waals surface area (Å²) in [5.41, 5.74) is 0. The molecule has 0 aromatic carbocycles. The lowest BCUT2D eigenvalue weighted by Gasteiger charge is -2.30. The van der Waals surface area contributed by atoms with E-state index in [-0.39, 0.29) is 6.10 Å². The minimum absolute atomic E-state index is 0.0969. The van der Waals surface area contributed by atoms with Gasteiger partial charge in [0.05, 0.1) is 12.2 Å². The van der Waals surface area contributed by atoms with Gasteiger partial charge in [0.1, 0.15) is 0 Å². The lowest BCUT2D eigenvalue weighted by atomic mass is 10.1. The molecule has 1 unspecified atom stereocenters. The monoisotopic (exact) mass is 199 g/mol. The van der Waals surface area contributed by atoms with Crippen LogP contribution >= 0.6 is 0 Å². The maximum absolute atomic E-state index is 9.84. The third kappa shape index (κ3) is 2.27. The van der Waals surface area contributed by atoms with Gasteiger partial charge in [0.2, 0.25) is 0 Å². The van der Waals surface area contributed by atoms with Crippen molar-refractivity contribution < 1.29 is 9.84 Å². The number of aliphatic hydroxyl groups is 1. The summed E-state index contributed by atoms with van der Waals surface area (Å²) in [6.45, 7) is 5.08. The first-order chi connectivity index (χ1) is 6.77. The summed E-state index contributed by atoms with van der Waals surface area (Å²) >= 11 is 0. The van der Waals surface area contributed by atoms with Crippen LogP contribution in [0.3, 0.4) is 0 Å². The molecule has 14 heavy (non-hydrogen) atoms. The Bertz CT molecular complexity index is 186. The summed E-state index contributed by atoms with van der Waals surface area (Å²) in [5, 5.41) is 9.84. The van der Waals surface area contributed by atoms with Crippen molar-refractivity contribution in [1.82, 2.24) is 4.90 Å². The standard InChI is InChI=1S/C11H21NO2/c1-9-8-12(6-3-7-14-9)10-4-2-5-11(10)13/h9-11,13H,2-8H2,1H3/t9?,10-,11-/m0/s1. The highest BCUT2D eigenvalue weighted by Crippen LogP contribution is 2.25. The van der Waals surface area contributed by atoms with Crippen molar-refractivity contribution in [3.05, 3.63) is 0 Å². The third-order valence-electron chi connectivity index (χ3n) is 3.40. The van der Waals surface area contributed by atoms with E-state index in [1.54, 1.807) is 0 Å². The highest BCUT2D eigenvalue weighted by Gasteiger charge is 2.31. The van der Waals surface area contributed by atoms with Crippen LogP contribution in [-0.2, 0) is 4.74 Å². The van der Waals surface area contributed by atoms with Gasteiger partial charge >= 0.3 is 0 Å². The Morgan fingerprint density at radius 2 is 2.14 bits per heavy atom. The maximum Gasteiger partial charge on any atom is 0.0695 e. The number of ether oxygens (including phenoxy) is 1. The molecule has 2 fully saturated rings. The molecule has 3 atom stereocenters. The zero-order valence-corrected chi connectivity index (χ0v) is 8.98. The maximum atomic E-state index is 9.84. The predicted molar refractivity (Wildman–Crippen MR) is 55.2 cm³/mol. The Balaban J connectivity index is 1.94. The molecule has 1 saturated carbocycles. The Morgan fingerprint density at radius 1 is 1.29 bits per heavy atom. The van der Waals surface area contributed by atoms with E-state index in [9.17, 15) is 5.11 Å². The molecule has 3 nitrogen and oxygen atoms in total. The fraction of sp³-hybridized carbons (Fsp3) is 1.00. The summed E-state index contributed by atoms with van der Waals surface area (Å²) in [6, 6.07) is 0.402. The van der Waals surface area contributed by atoms with Crippen LogP contribution in [0.5, 0.6) is 0 Å². The van der Waals surface area contributed by atoms with E-state index in [0.717, 1.165) is 39.0 Å². The normalized spacial score (nSPS) is 41.1. The number of hydrogen-bond acceptors (Lipinski definition) is 3. The molecular weight excluding hydrogens is 178 g/mol. The minimum atomic E-state index is -0.0969. The van der Waals surface area contributed by atoms with Gasteiger partial charge in [0.15, 0.2) is 0 Å². The molecule has 0 amide bonds. The fourth-order valence-electron chi connectivity index (χ4n) is 2.67. The van der Waals surface area contributed by atoms with Gasteiger partial charge in [0.25, 0.3) is 0 Å².